The Morgan fingerprint density at radius 3 is 1.23 bits per heavy atom. The number of aromatic carboxylic acids is 2. The number of carboxylic acids is 2. The van der Waals surface area contributed by atoms with E-state index < -0.39 is 23.8 Å². The highest BCUT2D eigenvalue weighted by molar-refractivity contribution is 6.35. The summed E-state index contributed by atoms with van der Waals surface area (Å²) in [5, 5.41) is 43.3. The first kappa shape index (κ1) is 28.0. The molecule has 0 fully saturated rings. The zero-order chi connectivity index (χ0) is 29.1. The predicted octanol–water partition coefficient (Wildman–Crippen LogP) is 5.97. The number of amides is 2. The van der Waals surface area contributed by atoms with Crippen LogP contribution in [-0.4, -0.2) is 44.2 Å². The van der Waals surface area contributed by atoms with Crippen molar-refractivity contribution in [2.45, 2.75) is 0 Å². The predicted molar refractivity (Wildman–Crippen MR) is 148 cm³/mol. The lowest BCUT2D eigenvalue weighted by atomic mass is 10.0. The molecule has 202 valence electrons. The number of anilines is 2. The van der Waals surface area contributed by atoms with Crippen LogP contribution < -0.4 is 10.6 Å². The number of aromatic hydroxyl groups is 2. The molecule has 0 aliphatic carbocycles. The van der Waals surface area contributed by atoms with Gasteiger partial charge in [-0.2, -0.15) is 0 Å². The molecule has 12 heteroatoms. The van der Waals surface area contributed by atoms with Crippen molar-refractivity contribution in [2.75, 3.05) is 10.6 Å². The second kappa shape index (κ2) is 11.4. The fourth-order valence-corrected chi connectivity index (χ4v) is 4.24. The topological polar surface area (TPSA) is 173 Å². The summed E-state index contributed by atoms with van der Waals surface area (Å²) < 4.78 is 0. The second-order valence-corrected chi connectivity index (χ2v) is 9.18. The van der Waals surface area contributed by atoms with Crippen LogP contribution in [0.25, 0.3) is 11.1 Å². The smallest absolute Gasteiger partial charge is 0.336 e. The molecule has 0 saturated heterocycles. The third-order valence-corrected chi connectivity index (χ3v) is 6.35. The third kappa shape index (κ3) is 5.98. The number of nitrogens with one attached hydrogen (secondary N) is 2. The van der Waals surface area contributed by atoms with E-state index in [0.29, 0.717) is 11.1 Å². The van der Waals surface area contributed by atoms with Crippen molar-refractivity contribution in [3.63, 3.8) is 0 Å². The Labute approximate surface area is 236 Å². The van der Waals surface area contributed by atoms with E-state index in [2.05, 4.69) is 10.6 Å². The first-order valence-electron chi connectivity index (χ1n) is 11.3. The van der Waals surface area contributed by atoms with E-state index in [1.165, 1.54) is 24.3 Å². The van der Waals surface area contributed by atoms with Crippen molar-refractivity contribution in [2.24, 2.45) is 0 Å². The van der Waals surface area contributed by atoms with E-state index in [0.717, 1.165) is 36.4 Å². The zero-order valence-electron chi connectivity index (χ0n) is 20.1. The molecule has 4 aromatic rings. The standard InChI is InChI=1S/C28H18Cl2N2O8/c29-21-9-13(1-7-23(21)31-25(35)19-11-15(33)3-5-17(19)27(37)38)14-2-8-24(22(30)10-14)32-26(36)20-12-16(34)4-6-18(20)28(39)40/h1-12,33-34H,(H,31,35)(H,32,36)(H,37,38)(H,39,40). The Morgan fingerprint density at radius 1 is 0.525 bits per heavy atom. The number of rotatable bonds is 7. The molecule has 2 amide bonds. The molecule has 0 saturated carbocycles. The number of hydrogen-bond donors (Lipinski definition) is 6. The van der Waals surface area contributed by atoms with E-state index in [4.69, 9.17) is 23.2 Å². The lowest BCUT2D eigenvalue weighted by molar-refractivity contribution is 0.0683. The van der Waals surface area contributed by atoms with Crippen molar-refractivity contribution in [1.29, 1.82) is 0 Å². The minimum atomic E-state index is -1.34. The molecule has 0 aliphatic rings. The van der Waals surface area contributed by atoms with Gasteiger partial charge in [0.1, 0.15) is 11.5 Å². The average molecular weight is 581 g/mol. The molecule has 0 bridgehead atoms. The molecule has 4 aromatic carbocycles. The number of carboxylic acid groups (broad SMARTS) is 2. The second-order valence-electron chi connectivity index (χ2n) is 8.37. The van der Waals surface area contributed by atoms with Gasteiger partial charge in [-0.05, 0) is 71.8 Å². The number of hydrogen-bond acceptors (Lipinski definition) is 6. The molecule has 40 heavy (non-hydrogen) atoms. The minimum Gasteiger partial charge on any atom is -0.508 e. The van der Waals surface area contributed by atoms with Gasteiger partial charge in [-0.3, -0.25) is 9.59 Å². The SMILES string of the molecule is O=C(O)c1ccc(O)cc1C(=O)Nc1ccc(-c2ccc(NC(=O)c3cc(O)ccc3C(=O)O)c(Cl)c2)cc1Cl. The lowest BCUT2D eigenvalue weighted by Gasteiger charge is -2.13. The maximum Gasteiger partial charge on any atom is 0.336 e. The Balaban J connectivity index is 1.54. The lowest BCUT2D eigenvalue weighted by Crippen LogP contribution is -2.16. The quantitative estimate of drug-likeness (QED) is 0.155. The van der Waals surface area contributed by atoms with Crippen LogP contribution in [0.3, 0.4) is 0 Å². The molecular weight excluding hydrogens is 563 g/mol. The highest BCUT2D eigenvalue weighted by Gasteiger charge is 2.20. The van der Waals surface area contributed by atoms with Crippen LogP contribution in [0, 0.1) is 0 Å². The van der Waals surface area contributed by atoms with Crippen LogP contribution in [0.15, 0.2) is 72.8 Å². The number of phenolic OH excluding ortho intramolecular Hbond substituents is 2. The summed E-state index contributed by atoms with van der Waals surface area (Å²) in [7, 11) is 0. The zero-order valence-corrected chi connectivity index (χ0v) is 21.6. The van der Waals surface area contributed by atoms with Gasteiger partial charge in [-0.1, -0.05) is 35.3 Å². The fourth-order valence-electron chi connectivity index (χ4n) is 3.78. The van der Waals surface area contributed by atoms with Gasteiger partial charge in [0.25, 0.3) is 11.8 Å². The maximum atomic E-state index is 12.7. The number of phenols is 2. The van der Waals surface area contributed by atoms with Gasteiger partial charge in [-0.15, -0.1) is 0 Å². The molecular formula is C28H18Cl2N2O8. The molecule has 0 heterocycles. The summed E-state index contributed by atoms with van der Waals surface area (Å²) in [6.07, 6.45) is 0. The van der Waals surface area contributed by atoms with Crippen LogP contribution >= 0.6 is 23.2 Å². The van der Waals surface area contributed by atoms with Gasteiger partial charge in [-0.25, -0.2) is 9.59 Å². The van der Waals surface area contributed by atoms with E-state index in [-0.39, 0.29) is 55.2 Å². The molecule has 10 nitrogen and oxygen atoms in total. The molecule has 4 rings (SSSR count). The average Bonchev–Trinajstić information content (AvgIpc) is 2.90. The van der Waals surface area contributed by atoms with Crippen LogP contribution in [0.2, 0.25) is 10.0 Å². The fraction of sp³-hybridized carbons (Fsp3) is 0. The van der Waals surface area contributed by atoms with E-state index in [1.54, 1.807) is 12.1 Å². The van der Waals surface area contributed by atoms with Crippen LogP contribution in [0.4, 0.5) is 11.4 Å². The van der Waals surface area contributed by atoms with Gasteiger partial charge in [0, 0.05) is 0 Å². The van der Waals surface area contributed by atoms with Crippen LogP contribution in [-0.2, 0) is 0 Å². The molecule has 6 N–H and O–H groups in total. The maximum absolute atomic E-state index is 12.7. The van der Waals surface area contributed by atoms with Gasteiger partial charge >= 0.3 is 11.9 Å². The molecule has 0 aromatic heterocycles. The Kier molecular flexibility index (Phi) is 7.94. The van der Waals surface area contributed by atoms with Crippen molar-refractivity contribution < 1.29 is 39.6 Å². The van der Waals surface area contributed by atoms with Crippen molar-refractivity contribution >= 4 is 58.3 Å². The normalized spacial score (nSPS) is 10.6. The Bertz CT molecular complexity index is 1580. The molecule has 0 radical (unpaired) electrons. The first-order chi connectivity index (χ1) is 18.9. The van der Waals surface area contributed by atoms with Gasteiger partial charge in [0.05, 0.1) is 43.7 Å². The van der Waals surface area contributed by atoms with Crippen molar-refractivity contribution in [1.82, 2.24) is 0 Å². The summed E-state index contributed by atoms with van der Waals surface area (Å²) in [6, 6.07) is 15.9. The highest BCUT2D eigenvalue weighted by Crippen LogP contribution is 2.33. The van der Waals surface area contributed by atoms with Gasteiger partial charge < -0.3 is 31.1 Å². The van der Waals surface area contributed by atoms with E-state index in [9.17, 15) is 39.6 Å². The number of halogens is 2. The van der Waals surface area contributed by atoms with Crippen LogP contribution in [0.5, 0.6) is 11.5 Å². The summed E-state index contributed by atoms with van der Waals surface area (Å²) in [5.74, 6) is -4.82. The molecule has 0 aliphatic heterocycles. The summed E-state index contributed by atoms with van der Waals surface area (Å²) in [5.41, 5.74) is 0.452. The third-order valence-electron chi connectivity index (χ3n) is 5.72. The summed E-state index contributed by atoms with van der Waals surface area (Å²) >= 11 is 12.7. The number of carbonyl (C=O) groups is 4. The summed E-state index contributed by atoms with van der Waals surface area (Å²) in [6.45, 7) is 0. The number of benzene rings is 4. The molecule has 0 spiro atoms. The van der Waals surface area contributed by atoms with Crippen LogP contribution in [0.1, 0.15) is 41.4 Å². The molecule has 0 unspecified atom stereocenters. The first-order valence-corrected chi connectivity index (χ1v) is 12.0. The Hall–Kier alpha value is -5.06. The highest BCUT2D eigenvalue weighted by atomic mass is 35.5. The minimum absolute atomic E-state index is 0.126. The Morgan fingerprint density at radius 2 is 0.900 bits per heavy atom. The molecule has 0 atom stereocenters. The monoisotopic (exact) mass is 580 g/mol. The van der Waals surface area contributed by atoms with Gasteiger partial charge in [0.2, 0.25) is 0 Å². The summed E-state index contributed by atoms with van der Waals surface area (Å²) in [4.78, 5) is 48.3. The van der Waals surface area contributed by atoms with E-state index >= 15 is 0 Å². The van der Waals surface area contributed by atoms with E-state index in [1.807, 2.05) is 0 Å². The van der Waals surface area contributed by atoms with Crippen molar-refractivity contribution in [3.8, 4) is 22.6 Å². The largest absolute Gasteiger partial charge is 0.508 e. The van der Waals surface area contributed by atoms with Crippen molar-refractivity contribution in [3.05, 3.63) is 105 Å². The van der Waals surface area contributed by atoms with Gasteiger partial charge in [0.15, 0.2) is 0 Å². The number of carbonyl (C=O) groups excluding carboxylic acids is 2.